The highest BCUT2D eigenvalue weighted by Gasteiger charge is 2.22. The van der Waals surface area contributed by atoms with E-state index in [-0.39, 0.29) is 17.3 Å². The minimum Gasteiger partial charge on any atom is -0.372 e. The molecule has 0 unspecified atom stereocenters. The molecular formula is C23H28N4O4S. The van der Waals surface area contributed by atoms with Crippen molar-refractivity contribution >= 4 is 38.9 Å². The summed E-state index contributed by atoms with van der Waals surface area (Å²) in [5.74, 6) is -0.405. The third-order valence-electron chi connectivity index (χ3n) is 5.83. The highest BCUT2D eigenvalue weighted by molar-refractivity contribution is 7.89. The van der Waals surface area contributed by atoms with E-state index in [9.17, 15) is 18.0 Å². The fourth-order valence-electron chi connectivity index (χ4n) is 4.08. The standard InChI is InChI=1S/C23H28N4O4S/c28-22(25-18-6-8-19(9-7-18)26-14-2-1-3-15-26)17-24-32(30,31)21-12-10-20(11-13-21)27-16-4-5-23(27)29/h6-13,24H,1-5,14-17H2,(H,25,28). The number of benzene rings is 2. The maximum absolute atomic E-state index is 12.5. The van der Waals surface area contributed by atoms with Gasteiger partial charge in [-0.3, -0.25) is 9.59 Å². The summed E-state index contributed by atoms with van der Waals surface area (Å²) in [6.07, 6.45) is 4.96. The van der Waals surface area contributed by atoms with Gasteiger partial charge in [0.1, 0.15) is 0 Å². The van der Waals surface area contributed by atoms with Crippen LogP contribution < -0.4 is 19.8 Å². The Hall–Kier alpha value is -2.91. The van der Waals surface area contributed by atoms with Crippen molar-refractivity contribution in [1.29, 1.82) is 0 Å². The van der Waals surface area contributed by atoms with Gasteiger partial charge in [0.2, 0.25) is 21.8 Å². The summed E-state index contributed by atoms with van der Waals surface area (Å²) in [6, 6.07) is 13.7. The summed E-state index contributed by atoms with van der Waals surface area (Å²) in [5.41, 5.74) is 2.43. The summed E-state index contributed by atoms with van der Waals surface area (Å²) in [7, 11) is -3.84. The number of sulfonamides is 1. The van der Waals surface area contributed by atoms with Gasteiger partial charge >= 0.3 is 0 Å². The van der Waals surface area contributed by atoms with Crippen LogP contribution in [0.2, 0.25) is 0 Å². The first-order valence-corrected chi connectivity index (χ1v) is 12.5. The van der Waals surface area contributed by atoms with E-state index in [1.165, 1.54) is 31.4 Å². The zero-order valence-electron chi connectivity index (χ0n) is 17.9. The zero-order valence-corrected chi connectivity index (χ0v) is 18.7. The molecule has 4 rings (SSSR count). The summed E-state index contributed by atoms with van der Waals surface area (Å²) < 4.78 is 27.4. The first-order valence-electron chi connectivity index (χ1n) is 11.0. The molecule has 0 aromatic heterocycles. The maximum atomic E-state index is 12.5. The first kappa shape index (κ1) is 22.3. The molecule has 170 valence electrons. The van der Waals surface area contributed by atoms with Crippen molar-refractivity contribution in [3.63, 3.8) is 0 Å². The lowest BCUT2D eigenvalue weighted by Crippen LogP contribution is -2.33. The largest absolute Gasteiger partial charge is 0.372 e. The molecule has 8 nitrogen and oxygen atoms in total. The van der Waals surface area contributed by atoms with Crippen molar-refractivity contribution in [1.82, 2.24) is 4.72 Å². The monoisotopic (exact) mass is 456 g/mol. The molecule has 0 atom stereocenters. The normalized spacial score (nSPS) is 16.9. The summed E-state index contributed by atoms with van der Waals surface area (Å²) >= 11 is 0. The number of nitrogens with one attached hydrogen (secondary N) is 2. The molecule has 0 spiro atoms. The molecule has 2 N–H and O–H groups in total. The molecule has 2 aromatic rings. The fourth-order valence-corrected chi connectivity index (χ4v) is 5.07. The molecule has 2 heterocycles. The van der Waals surface area contributed by atoms with Crippen LogP contribution >= 0.6 is 0 Å². The fraction of sp³-hybridized carbons (Fsp3) is 0.391. The predicted octanol–water partition coefficient (Wildman–Crippen LogP) is 2.72. The van der Waals surface area contributed by atoms with Crippen LogP contribution in [-0.2, 0) is 19.6 Å². The molecule has 2 amide bonds. The Kier molecular flexibility index (Phi) is 6.76. The van der Waals surface area contributed by atoms with Crippen molar-refractivity contribution < 1.29 is 18.0 Å². The van der Waals surface area contributed by atoms with E-state index in [1.807, 2.05) is 24.3 Å². The lowest BCUT2D eigenvalue weighted by atomic mass is 10.1. The summed E-state index contributed by atoms with van der Waals surface area (Å²) in [4.78, 5) is 28.1. The molecule has 2 aromatic carbocycles. The van der Waals surface area contributed by atoms with Crippen LogP contribution in [0.25, 0.3) is 0 Å². The lowest BCUT2D eigenvalue weighted by molar-refractivity contribution is -0.117. The molecule has 32 heavy (non-hydrogen) atoms. The number of hydrogen-bond donors (Lipinski definition) is 2. The van der Waals surface area contributed by atoms with Gasteiger partial charge in [0.05, 0.1) is 11.4 Å². The van der Waals surface area contributed by atoms with Gasteiger partial charge in [0.15, 0.2) is 0 Å². The lowest BCUT2D eigenvalue weighted by Gasteiger charge is -2.28. The number of piperidine rings is 1. The Balaban J connectivity index is 1.30. The van der Waals surface area contributed by atoms with Crippen LogP contribution in [0.1, 0.15) is 32.1 Å². The smallest absolute Gasteiger partial charge is 0.241 e. The Morgan fingerprint density at radius 2 is 1.50 bits per heavy atom. The van der Waals surface area contributed by atoms with Gasteiger partial charge in [-0.15, -0.1) is 0 Å². The highest BCUT2D eigenvalue weighted by Crippen LogP contribution is 2.23. The average Bonchev–Trinajstić information content (AvgIpc) is 3.25. The number of nitrogens with zero attached hydrogens (tertiary/aromatic N) is 2. The number of carbonyl (C=O) groups is 2. The molecule has 2 aliphatic heterocycles. The van der Waals surface area contributed by atoms with Gasteiger partial charge in [0, 0.05) is 43.1 Å². The first-order chi connectivity index (χ1) is 15.4. The average molecular weight is 457 g/mol. The van der Waals surface area contributed by atoms with Crippen LogP contribution in [0.3, 0.4) is 0 Å². The molecule has 0 aliphatic carbocycles. The third-order valence-corrected chi connectivity index (χ3v) is 7.24. The summed E-state index contributed by atoms with van der Waals surface area (Å²) in [6.45, 7) is 2.36. The van der Waals surface area contributed by atoms with Gasteiger partial charge < -0.3 is 15.1 Å². The van der Waals surface area contributed by atoms with Crippen molar-refractivity contribution in [3.8, 4) is 0 Å². The Morgan fingerprint density at radius 1 is 0.844 bits per heavy atom. The Bertz CT molecular complexity index is 1060. The van der Waals surface area contributed by atoms with E-state index in [0.29, 0.717) is 24.3 Å². The third kappa shape index (κ3) is 5.28. The van der Waals surface area contributed by atoms with Gasteiger partial charge in [-0.1, -0.05) is 0 Å². The second-order valence-corrected chi connectivity index (χ2v) is 9.88. The highest BCUT2D eigenvalue weighted by atomic mass is 32.2. The number of carbonyl (C=O) groups excluding carboxylic acids is 2. The Morgan fingerprint density at radius 3 is 2.12 bits per heavy atom. The minimum atomic E-state index is -3.84. The van der Waals surface area contributed by atoms with E-state index in [2.05, 4.69) is 14.9 Å². The predicted molar refractivity (Wildman–Crippen MR) is 124 cm³/mol. The van der Waals surface area contributed by atoms with Gasteiger partial charge in [-0.25, -0.2) is 13.1 Å². The molecule has 2 saturated heterocycles. The molecule has 0 radical (unpaired) electrons. The molecular weight excluding hydrogens is 428 g/mol. The maximum Gasteiger partial charge on any atom is 0.241 e. The van der Waals surface area contributed by atoms with Crippen molar-refractivity contribution in [2.75, 3.05) is 41.3 Å². The SMILES string of the molecule is O=C(CNS(=O)(=O)c1ccc(N2CCCC2=O)cc1)Nc1ccc(N2CCCCC2)cc1. The van der Waals surface area contributed by atoms with Crippen LogP contribution in [0.5, 0.6) is 0 Å². The quantitative estimate of drug-likeness (QED) is 0.668. The molecule has 2 aliphatic rings. The molecule has 9 heteroatoms. The van der Waals surface area contributed by atoms with Gasteiger partial charge in [0.25, 0.3) is 0 Å². The number of amides is 2. The van der Waals surface area contributed by atoms with Crippen molar-refractivity contribution in [2.24, 2.45) is 0 Å². The second kappa shape index (κ2) is 9.70. The van der Waals surface area contributed by atoms with E-state index in [4.69, 9.17) is 0 Å². The van der Waals surface area contributed by atoms with Gasteiger partial charge in [-0.2, -0.15) is 0 Å². The van der Waals surface area contributed by atoms with E-state index < -0.39 is 15.9 Å². The number of hydrogen-bond acceptors (Lipinski definition) is 5. The van der Waals surface area contributed by atoms with Crippen molar-refractivity contribution in [2.45, 2.75) is 37.0 Å². The van der Waals surface area contributed by atoms with Crippen LogP contribution in [0.4, 0.5) is 17.1 Å². The zero-order chi connectivity index (χ0) is 22.6. The van der Waals surface area contributed by atoms with E-state index >= 15 is 0 Å². The van der Waals surface area contributed by atoms with E-state index in [1.54, 1.807) is 17.0 Å². The van der Waals surface area contributed by atoms with Crippen LogP contribution in [0.15, 0.2) is 53.4 Å². The second-order valence-electron chi connectivity index (χ2n) is 8.11. The number of rotatable bonds is 7. The summed E-state index contributed by atoms with van der Waals surface area (Å²) in [5, 5.41) is 2.72. The van der Waals surface area contributed by atoms with Gasteiger partial charge in [-0.05, 0) is 74.2 Å². The minimum absolute atomic E-state index is 0.0411. The van der Waals surface area contributed by atoms with Crippen molar-refractivity contribution in [3.05, 3.63) is 48.5 Å². The van der Waals surface area contributed by atoms with Crippen LogP contribution in [-0.4, -0.2) is 46.4 Å². The van der Waals surface area contributed by atoms with Crippen LogP contribution in [0, 0.1) is 0 Å². The topological polar surface area (TPSA) is 98.8 Å². The molecule has 0 bridgehead atoms. The number of anilines is 3. The Labute approximate surface area is 188 Å². The van der Waals surface area contributed by atoms with E-state index in [0.717, 1.165) is 25.2 Å². The molecule has 0 saturated carbocycles. The molecule has 2 fully saturated rings.